The molecule has 2 heterocycles. The number of sulfonamides is 1. The summed E-state index contributed by atoms with van der Waals surface area (Å²) >= 11 is 0. The summed E-state index contributed by atoms with van der Waals surface area (Å²) in [6, 6.07) is 6.47. The van der Waals surface area contributed by atoms with E-state index in [0.29, 0.717) is 18.8 Å². The standard InChI is InChI=1S/C17H23NO4S/c1-11(2)9-12-3-6-14(7-4-12)23(21,22)18-13-5-8-16(18)15(10-13)17(19)20/h3-4,6-7,11,13,15-16H,5,8-10H2,1-2H3,(H,19,20). The van der Waals surface area contributed by atoms with E-state index in [9.17, 15) is 18.3 Å². The van der Waals surface area contributed by atoms with Gasteiger partial charge in [-0.2, -0.15) is 4.31 Å². The molecule has 0 amide bonds. The van der Waals surface area contributed by atoms with Crippen LogP contribution in [0.25, 0.3) is 0 Å². The van der Waals surface area contributed by atoms with Gasteiger partial charge < -0.3 is 5.11 Å². The predicted molar refractivity (Wildman–Crippen MR) is 86.6 cm³/mol. The van der Waals surface area contributed by atoms with E-state index in [-0.39, 0.29) is 10.9 Å². The highest BCUT2D eigenvalue weighted by atomic mass is 32.2. The highest BCUT2D eigenvalue weighted by molar-refractivity contribution is 7.89. The number of hydrogen-bond acceptors (Lipinski definition) is 3. The molecule has 2 aliphatic rings. The van der Waals surface area contributed by atoms with Gasteiger partial charge in [-0.15, -0.1) is 0 Å². The minimum absolute atomic E-state index is 0.165. The normalized spacial score (nSPS) is 27.7. The summed E-state index contributed by atoms with van der Waals surface area (Å²) in [5.74, 6) is -0.934. The Bertz CT molecular complexity index is 696. The lowest BCUT2D eigenvalue weighted by atomic mass is 9.89. The average Bonchev–Trinajstić information content (AvgIpc) is 3.05. The summed E-state index contributed by atoms with van der Waals surface area (Å²) in [5.41, 5.74) is 1.12. The molecule has 126 valence electrons. The number of fused-ring (bicyclic) bond motifs is 2. The highest BCUT2D eigenvalue weighted by Gasteiger charge is 2.54. The summed E-state index contributed by atoms with van der Waals surface area (Å²) < 4.78 is 27.3. The minimum atomic E-state index is -3.62. The number of aliphatic carboxylic acids is 1. The third-order valence-electron chi connectivity index (χ3n) is 4.93. The van der Waals surface area contributed by atoms with E-state index in [1.807, 2.05) is 12.1 Å². The molecule has 0 radical (unpaired) electrons. The second-order valence-electron chi connectivity index (χ2n) is 7.06. The summed E-state index contributed by atoms with van der Waals surface area (Å²) in [4.78, 5) is 11.6. The Kier molecular flexibility index (Phi) is 4.23. The van der Waals surface area contributed by atoms with Crippen LogP contribution >= 0.6 is 0 Å². The van der Waals surface area contributed by atoms with Crippen LogP contribution in [0.2, 0.25) is 0 Å². The van der Waals surface area contributed by atoms with Crippen molar-refractivity contribution in [2.75, 3.05) is 0 Å². The molecule has 2 aliphatic heterocycles. The van der Waals surface area contributed by atoms with Crippen LogP contribution < -0.4 is 0 Å². The van der Waals surface area contributed by atoms with E-state index >= 15 is 0 Å². The first kappa shape index (κ1) is 16.5. The molecule has 1 aromatic rings. The molecule has 2 saturated heterocycles. The molecule has 3 atom stereocenters. The SMILES string of the molecule is CC(C)Cc1ccc(S(=O)(=O)N2C3CCC2C(C(=O)O)C3)cc1. The molecule has 2 fully saturated rings. The van der Waals surface area contributed by atoms with Crippen LogP contribution in [0.15, 0.2) is 29.2 Å². The van der Waals surface area contributed by atoms with Crippen molar-refractivity contribution in [2.45, 2.75) is 56.5 Å². The van der Waals surface area contributed by atoms with Crippen molar-refractivity contribution in [1.82, 2.24) is 4.31 Å². The van der Waals surface area contributed by atoms with Crippen molar-refractivity contribution in [3.05, 3.63) is 29.8 Å². The Morgan fingerprint density at radius 1 is 1.26 bits per heavy atom. The minimum Gasteiger partial charge on any atom is -0.481 e. The average molecular weight is 337 g/mol. The molecular formula is C17H23NO4S. The van der Waals surface area contributed by atoms with Crippen LogP contribution in [-0.2, 0) is 21.2 Å². The third-order valence-corrected chi connectivity index (χ3v) is 6.92. The van der Waals surface area contributed by atoms with Gasteiger partial charge in [-0.3, -0.25) is 4.79 Å². The van der Waals surface area contributed by atoms with E-state index < -0.39 is 28.0 Å². The predicted octanol–water partition coefficient (Wildman–Crippen LogP) is 2.51. The van der Waals surface area contributed by atoms with Gasteiger partial charge in [0.25, 0.3) is 0 Å². The molecule has 23 heavy (non-hydrogen) atoms. The maximum absolute atomic E-state index is 12.9. The van der Waals surface area contributed by atoms with Gasteiger partial charge in [0.2, 0.25) is 10.0 Å². The molecule has 2 bridgehead atoms. The maximum Gasteiger partial charge on any atom is 0.308 e. The number of hydrogen-bond donors (Lipinski definition) is 1. The van der Waals surface area contributed by atoms with Crippen LogP contribution in [-0.4, -0.2) is 35.9 Å². The van der Waals surface area contributed by atoms with E-state index in [0.717, 1.165) is 18.4 Å². The van der Waals surface area contributed by atoms with Crippen LogP contribution in [0, 0.1) is 11.8 Å². The fourth-order valence-corrected chi connectivity index (χ4v) is 5.89. The van der Waals surface area contributed by atoms with Gasteiger partial charge in [-0.25, -0.2) is 8.42 Å². The number of carboxylic acid groups (broad SMARTS) is 1. The van der Waals surface area contributed by atoms with Gasteiger partial charge in [0.15, 0.2) is 0 Å². The second-order valence-corrected chi connectivity index (χ2v) is 8.90. The molecular weight excluding hydrogens is 314 g/mol. The molecule has 0 saturated carbocycles. The van der Waals surface area contributed by atoms with Crippen molar-refractivity contribution < 1.29 is 18.3 Å². The van der Waals surface area contributed by atoms with E-state index in [1.54, 1.807) is 12.1 Å². The fraction of sp³-hybridized carbons (Fsp3) is 0.588. The van der Waals surface area contributed by atoms with Crippen molar-refractivity contribution in [1.29, 1.82) is 0 Å². The number of rotatable bonds is 5. The van der Waals surface area contributed by atoms with Crippen LogP contribution in [0.1, 0.15) is 38.7 Å². The first-order valence-corrected chi connectivity index (χ1v) is 9.60. The molecule has 0 aliphatic carbocycles. The quantitative estimate of drug-likeness (QED) is 0.896. The summed E-state index contributed by atoms with van der Waals surface area (Å²) in [5, 5.41) is 9.29. The molecule has 5 nitrogen and oxygen atoms in total. The second kappa shape index (κ2) is 5.91. The first-order chi connectivity index (χ1) is 10.8. The number of nitrogens with zero attached hydrogens (tertiary/aromatic N) is 1. The Hall–Kier alpha value is -1.40. The van der Waals surface area contributed by atoms with Crippen LogP contribution in [0.4, 0.5) is 0 Å². The summed E-state index contributed by atoms with van der Waals surface area (Å²) in [6.07, 6.45) is 2.76. The van der Waals surface area contributed by atoms with Gasteiger partial charge in [0.05, 0.1) is 10.8 Å². The lowest BCUT2D eigenvalue weighted by Gasteiger charge is -2.22. The van der Waals surface area contributed by atoms with E-state index in [2.05, 4.69) is 13.8 Å². The highest BCUT2D eigenvalue weighted by Crippen LogP contribution is 2.45. The number of carbonyl (C=O) groups is 1. The molecule has 3 unspecified atom stereocenters. The molecule has 0 aromatic heterocycles. The molecule has 3 rings (SSSR count). The van der Waals surface area contributed by atoms with Gasteiger partial charge in [0.1, 0.15) is 0 Å². The molecule has 6 heteroatoms. The van der Waals surface area contributed by atoms with E-state index in [1.165, 1.54) is 4.31 Å². The maximum atomic E-state index is 12.9. The topological polar surface area (TPSA) is 74.7 Å². The van der Waals surface area contributed by atoms with E-state index in [4.69, 9.17) is 0 Å². The van der Waals surface area contributed by atoms with Crippen LogP contribution in [0.3, 0.4) is 0 Å². The van der Waals surface area contributed by atoms with Crippen molar-refractivity contribution >= 4 is 16.0 Å². The summed E-state index contributed by atoms with van der Waals surface area (Å²) in [6.45, 7) is 4.25. The smallest absolute Gasteiger partial charge is 0.308 e. The Labute approximate surface area is 137 Å². The third kappa shape index (κ3) is 2.90. The zero-order valence-electron chi connectivity index (χ0n) is 13.5. The zero-order valence-corrected chi connectivity index (χ0v) is 14.3. The van der Waals surface area contributed by atoms with Gasteiger partial charge >= 0.3 is 5.97 Å². The number of benzene rings is 1. The van der Waals surface area contributed by atoms with Crippen molar-refractivity contribution in [3.8, 4) is 0 Å². The van der Waals surface area contributed by atoms with Crippen molar-refractivity contribution in [3.63, 3.8) is 0 Å². The van der Waals surface area contributed by atoms with Crippen molar-refractivity contribution in [2.24, 2.45) is 11.8 Å². The number of carboxylic acids is 1. The lowest BCUT2D eigenvalue weighted by molar-refractivity contribution is -0.142. The Balaban J connectivity index is 1.86. The van der Waals surface area contributed by atoms with Gasteiger partial charge in [-0.05, 0) is 49.3 Å². The fourth-order valence-electron chi connectivity index (χ4n) is 3.97. The summed E-state index contributed by atoms with van der Waals surface area (Å²) in [7, 11) is -3.62. The van der Waals surface area contributed by atoms with Gasteiger partial charge in [0, 0.05) is 12.1 Å². The Morgan fingerprint density at radius 2 is 1.91 bits per heavy atom. The molecule has 1 aromatic carbocycles. The molecule has 1 N–H and O–H groups in total. The Morgan fingerprint density at radius 3 is 2.43 bits per heavy atom. The first-order valence-electron chi connectivity index (χ1n) is 8.16. The van der Waals surface area contributed by atoms with Crippen LogP contribution in [0.5, 0.6) is 0 Å². The lowest BCUT2D eigenvalue weighted by Crippen LogP contribution is -2.37. The zero-order chi connectivity index (χ0) is 16.8. The molecule has 0 spiro atoms. The van der Waals surface area contributed by atoms with Gasteiger partial charge in [-0.1, -0.05) is 26.0 Å². The monoisotopic (exact) mass is 337 g/mol. The largest absolute Gasteiger partial charge is 0.481 e.